The van der Waals surface area contributed by atoms with Crippen LogP contribution in [0.15, 0.2) is 42.5 Å². The molecule has 6 atom stereocenters. The third kappa shape index (κ3) is 11.6. The minimum Gasteiger partial charge on any atom is -0.460 e. The summed E-state index contributed by atoms with van der Waals surface area (Å²) >= 11 is 0. The molecule has 1 aliphatic carbocycles. The van der Waals surface area contributed by atoms with Gasteiger partial charge in [0.25, 0.3) is 0 Å². The summed E-state index contributed by atoms with van der Waals surface area (Å²) in [6.45, 7) is 1.42. The number of hydrogen-bond acceptors (Lipinski definition) is 9. The Morgan fingerprint density at radius 3 is 2.54 bits per heavy atom. The number of unbranched alkanes of at least 4 members (excludes halogenated alkanes) is 1. The minimum absolute atomic E-state index is 0.0477. The van der Waals surface area contributed by atoms with Crippen LogP contribution in [0, 0.1) is 11.8 Å². The van der Waals surface area contributed by atoms with Gasteiger partial charge >= 0.3 is 5.97 Å². The summed E-state index contributed by atoms with van der Waals surface area (Å²) in [6, 6.07) is 10.1. The van der Waals surface area contributed by atoms with Gasteiger partial charge in [0.1, 0.15) is 12.7 Å². The molecule has 1 aromatic carbocycles. The van der Waals surface area contributed by atoms with Crippen molar-refractivity contribution in [1.82, 2.24) is 5.39 Å². The molecule has 0 saturated heterocycles. The Hall–Kier alpha value is -1.85. The summed E-state index contributed by atoms with van der Waals surface area (Å²) in [5.41, 5.74) is 1.20. The van der Waals surface area contributed by atoms with Crippen molar-refractivity contribution in [2.24, 2.45) is 11.8 Å². The van der Waals surface area contributed by atoms with Gasteiger partial charge in [0.15, 0.2) is 0 Å². The molecule has 5 N–H and O–H groups in total. The SMILES string of the molecule is CC(CON(O)O)OC(=O)CCC/C=C\C[C@@H]1[C@@H](CC[C@@H](O)CCc2ccccc2)[C@H](O)C[C@@H]1O. The highest BCUT2D eigenvalue weighted by Crippen LogP contribution is 2.38. The zero-order chi connectivity index (χ0) is 25.6. The first-order valence-corrected chi connectivity index (χ1v) is 12.5. The maximum absolute atomic E-state index is 11.8. The van der Waals surface area contributed by atoms with Crippen LogP contribution in [0.25, 0.3) is 0 Å². The molecular formula is C26H41NO8. The van der Waals surface area contributed by atoms with E-state index in [-0.39, 0.29) is 24.9 Å². The van der Waals surface area contributed by atoms with Crippen LogP contribution in [-0.4, -0.2) is 68.1 Å². The third-order valence-corrected chi connectivity index (χ3v) is 6.55. The molecule has 9 nitrogen and oxygen atoms in total. The number of ether oxygens (including phenoxy) is 1. The van der Waals surface area contributed by atoms with E-state index in [1.54, 1.807) is 6.92 Å². The van der Waals surface area contributed by atoms with E-state index in [0.29, 0.717) is 44.9 Å². The first-order valence-electron chi connectivity index (χ1n) is 12.5. The summed E-state index contributed by atoms with van der Waals surface area (Å²) < 4.78 is 5.10. The van der Waals surface area contributed by atoms with E-state index in [0.717, 1.165) is 6.42 Å². The van der Waals surface area contributed by atoms with Gasteiger partial charge in [-0.05, 0) is 75.7 Å². The number of benzene rings is 1. The second-order valence-corrected chi connectivity index (χ2v) is 9.40. The molecule has 0 heterocycles. The van der Waals surface area contributed by atoms with Crippen molar-refractivity contribution in [2.45, 2.75) is 89.1 Å². The van der Waals surface area contributed by atoms with Gasteiger partial charge < -0.3 is 20.1 Å². The highest BCUT2D eigenvalue weighted by atomic mass is 17.1. The number of aliphatic hydroxyl groups is 3. The number of aryl methyl sites for hydroxylation is 1. The highest BCUT2D eigenvalue weighted by Gasteiger charge is 2.40. The van der Waals surface area contributed by atoms with Gasteiger partial charge in [-0.15, -0.1) is 0 Å². The first kappa shape index (κ1) is 29.4. The normalized spacial score (nSPS) is 24.2. The molecule has 0 aromatic heterocycles. The molecule has 9 heteroatoms. The molecule has 0 amide bonds. The van der Waals surface area contributed by atoms with E-state index < -0.39 is 35.8 Å². The van der Waals surface area contributed by atoms with Gasteiger partial charge in [-0.1, -0.05) is 42.5 Å². The third-order valence-electron chi connectivity index (χ3n) is 6.55. The van der Waals surface area contributed by atoms with Gasteiger partial charge in [0, 0.05) is 6.42 Å². The van der Waals surface area contributed by atoms with Gasteiger partial charge in [0.2, 0.25) is 0 Å². The molecule has 35 heavy (non-hydrogen) atoms. The van der Waals surface area contributed by atoms with Crippen molar-refractivity contribution >= 4 is 5.97 Å². The van der Waals surface area contributed by atoms with Crippen LogP contribution < -0.4 is 0 Å². The van der Waals surface area contributed by atoms with E-state index in [1.807, 2.05) is 42.5 Å². The monoisotopic (exact) mass is 495 g/mol. The Morgan fingerprint density at radius 2 is 1.83 bits per heavy atom. The molecule has 1 unspecified atom stereocenters. The van der Waals surface area contributed by atoms with Gasteiger partial charge in [0.05, 0.1) is 23.7 Å². The van der Waals surface area contributed by atoms with Crippen LogP contribution in [0.2, 0.25) is 0 Å². The van der Waals surface area contributed by atoms with Crippen LogP contribution in [0.4, 0.5) is 0 Å². The fourth-order valence-electron chi connectivity index (χ4n) is 4.64. The number of nitrogens with zero attached hydrogens (tertiary/aromatic N) is 1. The van der Waals surface area contributed by atoms with E-state index in [9.17, 15) is 20.1 Å². The number of hydrogen-bond donors (Lipinski definition) is 5. The maximum Gasteiger partial charge on any atom is 0.306 e. The number of aliphatic hydroxyl groups excluding tert-OH is 3. The average molecular weight is 496 g/mol. The van der Waals surface area contributed by atoms with Crippen molar-refractivity contribution in [2.75, 3.05) is 6.61 Å². The van der Waals surface area contributed by atoms with E-state index >= 15 is 0 Å². The van der Waals surface area contributed by atoms with E-state index in [2.05, 4.69) is 4.84 Å². The summed E-state index contributed by atoms with van der Waals surface area (Å²) in [5.74, 6) is -0.489. The van der Waals surface area contributed by atoms with Crippen molar-refractivity contribution in [1.29, 1.82) is 0 Å². The Labute approximate surface area is 207 Å². The predicted molar refractivity (Wildman–Crippen MR) is 128 cm³/mol. The van der Waals surface area contributed by atoms with Crippen molar-refractivity contribution in [3.8, 4) is 0 Å². The zero-order valence-electron chi connectivity index (χ0n) is 20.5. The van der Waals surface area contributed by atoms with Crippen LogP contribution in [0.3, 0.4) is 0 Å². The molecule has 0 radical (unpaired) electrons. The molecule has 0 spiro atoms. The lowest BCUT2D eigenvalue weighted by Crippen LogP contribution is -2.25. The van der Waals surface area contributed by atoms with Crippen LogP contribution in [0.5, 0.6) is 0 Å². The number of esters is 1. The zero-order valence-corrected chi connectivity index (χ0v) is 20.5. The molecule has 1 aliphatic rings. The summed E-state index contributed by atoms with van der Waals surface area (Å²) in [7, 11) is 0. The minimum atomic E-state index is -0.607. The molecule has 2 rings (SSSR count). The topological polar surface area (TPSA) is 140 Å². The maximum atomic E-state index is 11.8. The second kappa shape index (κ2) is 16.0. The lowest BCUT2D eigenvalue weighted by molar-refractivity contribution is -0.494. The summed E-state index contributed by atoms with van der Waals surface area (Å²) in [5, 5.41) is 47.8. The second-order valence-electron chi connectivity index (χ2n) is 9.40. The average Bonchev–Trinajstić information content (AvgIpc) is 3.09. The number of carbonyl (C=O) groups is 1. The predicted octanol–water partition coefficient (Wildman–Crippen LogP) is 3.18. The standard InChI is InChI=1S/C26H41NO8/c1-19(18-34-27(32)33)35-26(31)12-8-3-2-7-11-22-23(25(30)17-24(22)29)16-15-21(28)14-13-20-9-5-4-6-10-20/h2,4-7,9-10,19,21-25,28-30,32-33H,3,8,11-18H2,1H3/b7-2-/t19?,21-,22+,23+,24-,25+/m0/s1. The van der Waals surface area contributed by atoms with Crippen LogP contribution in [-0.2, 0) is 20.8 Å². The van der Waals surface area contributed by atoms with Crippen molar-refractivity contribution in [3.63, 3.8) is 0 Å². The lowest BCUT2D eigenvalue weighted by atomic mass is 9.85. The van der Waals surface area contributed by atoms with Gasteiger partial charge in [-0.25, -0.2) is 4.84 Å². The highest BCUT2D eigenvalue weighted by molar-refractivity contribution is 5.69. The molecule has 0 bridgehead atoms. The number of carbonyl (C=O) groups excluding carboxylic acids is 1. The van der Waals surface area contributed by atoms with Crippen LogP contribution >= 0.6 is 0 Å². The largest absolute Gasteiger partial charge is 0.460 e. The fourth-order valence-corrected chi connectivity index (χ4v) is 4.64. The molecule has 1 aromatic rings. The Morgan fingerprint density at radius 1 is 1.11 bits per heavy atom. The first-order chi connectivity index (χ1) is 16.8. The smallest absolute Gasteiger partial charge is 0.306 e. The van der Waals surface area contributed by atoms with E-state index in [4.69, 9.17) is 15.2 Å². The quantitative estimate of drug-likeness (QED) is 0.101. The van der Waals surface area contributed by atoms with E-state index in [1.165, 1.54) is 5.56 Å². The van der Waals surface area contributed by atoms with Gasteiger partial charge in [-0.3, -0.25) is 15.2 Å². The summed E-state index contributed by atoms with van der Waals surface area (Å²) in [4.78, 5) is 16.2. The molecule has 1 saturated carbocycles. The van der Waals surface area contributed by atoms with Crippen molar-refractivity contribution < 1.29 is 40.1 Å². The lowest BCUT2D eigenvalue weighted by Gasteiger charge is -2.23. The number of allylic oxidation sites excluding steroid dienone is 2. The Bertz CT molecular complexity index is 744. The summed E-state index contributed by atoms with van der Waals surface area (Å²) in [6.07, 6.45) is 7.06. The van der Waals surface area contributed by atoms with Gasteiger partial charge in [-0.2, -0.15) is 0 Å². The Balaban J connectivity index is 1.66. The molecular weight excluding hydrogens is 454 g/mol. The number of rotatable bonds is 16. The molecule has 1 fully saturated rings. The van der Waals surface area contributed by atoms with Crippen LogP contribution in [0.1, 0.15) is 63.9 Å². The fraction of sp³-hybridized carbons (Fsp3) is 0.654. The van der Waals surface area contributed by atoms with Crippen molar-refractivity contribution in [3.05, 3.63) is 48.0 Å². The molecule has 198 valence electrons. The Kier molecular flexibility index (Phi) is 13.4. The molecule has 0 aliphatic heterocycles.